The fourth-order valence-corrected chi connectivity index (χ4v) is 7.24. The number of nitrogens with one attached hydrogen (secondary N) is 2. The van der Waals surface area contributed by atoms with Crippen molar-refractivity contribution in [3.8, 4) is 11.1 Å². The van der Waals surface area contributed by atoms with Gasteiger partial charge in [-0.1, -0.05) is 171 Å². The molecule has 0 spiro atoms. The molecule has 7 heteroatoms. The monoisotopic (exact) mass is 731 g/mol. The van der Waals surface area contributed by atoms with Crippen LogP contribution in [0.5, 0.6) is 0 Å². The Balaban J connectivity index is 1.10. The summed E-state index contributed by atoms with van der Waals surface area (Å²) < 4.78 is 13.7. The average molecular weight is 732 g/mol. The van der Waals surface area contributed by atoms with Crippen LogP contribution in [0.4, 0.5) is 4.79 Å². The highest BCUT2D eigenvalue weighted by Crippen LogP contribution is 2.42. The maximum atomic E-state index is 12.7. The third-order valence-corrected chi connectivity index (χ3v) is 10.3. The Kier molecular flexibility index (Phi) is 12.8. The van der Waals surface area contributed by atoms with E-state index in [2.05, 4.69) is 126 Å². The molecule has 6 aromatic rings. The third kappa shape index (κ3) is 10.1. The fourth-order valence-electron chi connectivity index (χ4n) is 7.24. The molecule has 0 radical (unpaired) electrons. The number of carbonyl (C=O) groups is 1. The van der Waals surface area contributed by atoms with Crippen molar-refractivity contribution in [1.29, 1.82) is 0 Å². The maximum Gasteiger partial charge on any atom is 0.315 e. The Bertz CT molecular complexity index is 2030. The lowest BCUT2D eigenvalue weighted by Crippen LogP contribution is -2.44. The van der Waals surface area contributed by atoms with Crippen LogP contribution < -0.4 is 10.6 Å². The zero-order valence-electron chi connectivity index (χ0n) is 31.3. The van der Waals surface area contributed by atoms with Crippen LogP contribution in [0.1, 0.15) is 58.3 Å². The van der Waals surface area contributed by atoms with Crippen LogP contribution in [0.15, 0.2) is 164 Å². The van der Waals surface area contributed by atoms with Gasteiger partial charge in [-0.05, 0) is 44.5 Å². The predicted molar refractivity (Wildman–Crippen MR) is 217 cm³/mol. The van der Waals surface area contributed by atoms with Crippen molar-refractivity contribution < 1.29 is 19.4 Å². The van der Waals surface area contributed by atoms with Crippen LogP contribution >= 0.6 is 0 Å². The van der Waals surface area contributed by atoms with Crippen molar-refractivity contribution in [3.63, 3.8) is 0 Å². The number of hydrogen-bond acceptors (Lipinski definition) is 5. The van der Waals surface area contributed by atoms with Crippen molar-refractivity contribution in [1.82, 2.24) is 15.5 Å². The lowest BCUT2D eigenvalue weighted by molar-refractivity contribution is -0.276. The molecule has 6 aromatic carbocycles. The van der Waals surface area contributed by atoms with Gasteiger partial charge in [0.1, 0.15) is 0 Å². The molecule has 7 nitrogen and oxygen atoms in total. The first-order valence-corrected chi connectivity index (χ1v) is 19.1. The van der Waals surface area contributed by atoms with Crippen molar-refractivity contribution in [3.05, 3.63) is 203 Å². The van der Waals surface area contributed by atoms with E-state index in [1.54, 1.807) is 0 Å². The molecule has 2 amide bonds. The first-order valence-electron chi connectivity index (χ1n) is 19.1. The van der Waals surface area contributed by atoms with Gasteiger partial charge >= 0.3 is 6.03 Å². The highest BCUT2D eigenvalue weighted by Gasteiger charge is 2.39. The van der Waals surface area contributed by atoms with Crippen molar-refractivity contribution in [2.24, 2.45) is 5.92 Å². The average Bonchev–Trinajstić information content (AvgIpc) is 3.24. The number of urea groups is 1. The van der Waals surface area contributed by atoms with Gasteiger partial charge in [-0.3, -0.25) is 4.90 Å². The van der Waals surface area contributed by atoms with Gasteiger partial charge in [-0.15, -0.1) is 0 Å². The van der Waals surface area contributed by atoms with Gasteiger partial charge in [-0.25, -0.2) is 4.79 Å². The minimum absolute atomic E-state index is 0.00333. The van der Waals surface area contributed by atoms with E-state index in [0.717, 1.165) is 52.0 Å². The highest BCUT2D eigenvalue weighted by atomic mass is 16.7. The molecule has 4 unspecified atom stereocenters. The Morgan fingerprint density at radius 2 is 1.15 bits per heavy atom. The minimum atomic E-state index is -0.585. The Labute approximate surface area is 324 Å². The minimum Gasteiger partial charge on any atom is -0.392 e. The summed E-state index contributed by atoms with van der Waals surface area (Å²) in [6.07, 6.45) is -0.933. The van der Waals surface area contributed by atoms with Gasteiger partial charge in [0, 0.05) is 44.2 Å². The summed E-state index contributed by atoms with van der Waals surface area (Å²) in [6.45, 7) is 5.37. The molecule has 7 rings (SSSR count). The Hall–Kier alpha value is -5.57. The van der Waals surface area contributed by atoms with Gasteiger partial charge in [-0.2, -0.15) is 0 Å². The molecule has 1 aliphatic rings. The summed E-state index contributed by atoms with van der Waals surface area (Å²) in [4.78, 5) is 15.1. The molecular formula is C48H49N3O4. The summed E-state index contributed by atoms with van der Waals surface area (Å²) in [7, 11) is 0. The van der Waals surface area contributed by atoms with E-state index < -0.39 is 6.29 Å². The van der Waals surface area contributed by atoms with E-state index >= 15 is 0 Å². The molecule has 55 heavy (non-hydrogen) atoms. The summed E-state index contributed by atoms with van der Waals surface area (Å²) in [5.41, 5.74) is 9.53. The summed E-state index contributed by atoms with van der Waals surface area (Å²) in [6, 6.07) is 55.4. The van der Waals surface area contributed by atoms with Crippen LogP contribution in [-0.4, -0.2) is 28.7 Å². The second-order valence-electron chi connectivity index (χ2n) is 14.3. The largest absolute Gasteiger partial charge is 0.392 e. The Morgan fingerprint density at radius 1 is 0.600 bits per heavy atom. The number of nitrogens with zero attached hydrogens (tertiary/aromatic N) is 1. The molecule has 280 valence electrons. The van der Waals surface area contributed by atoms with Crippen LogP contribution in [0.25, 0.3) is 11.1 Å². The van der Waals surface area contributed by atoms with Crippen LogP contribution in [0.2, 0.25) is 0 Å². The van der Waals surface area contributed by atoms with E-state index in [1.807, 2.05) is 60.7 Å². The van der Waals surface area contributed by atoms with Gasteiger partial charge in [0.05, 0.1) is 18.8 Å². The summed E-state index contributed by atoms with van der Waals surface area (Å²) >= 11 is 0. The first-order chi connectivity index (χ1) is 27.0. The third-order valence-electron chi connectivity index (χ3n) is 10.3. The second-order valence-corrected chi connectivity index (χ2v) is 14.3. The van der Waals surface area contributed by atoms with Gasteiger partial charge in [0.2, 0.25) is 0 Å². The number of aliphatic hydroxyl groups is 1. The number of rotatable bonds is 14. The van der Waals surface area contributed by atoms with Gasteiger partial charge in [0.25, 0.3) is 0 Å². The molecule has 0 aromatic heterocycles. The molecule has 0 bridgehead atoms. The van der Waals surface area contributed by atoms with Crippen molar-refractivity contribution in [2.45, 2.75) is 58.2 Å². The molecule has 1 fully saturated rings. The van der Waals surface area contributed by atoms with Gasteiger partial charge < -0.3 is 25.2 Å². The van der Waals surface area contributed by atoms with E-state index in [4.69, 9.17) is 9.47 Å². The molecule has 4 atom stereocenters. The normalized spacial score (nSPS) is 18.2. The lowest BCUT2D eigenvalue weighted by Gasteiger charge is -2.43. The van der Waals surface area contributed by atoms with E-state index in [0.29, 0.717) is 19.6 Å². The molecule has 0 aliphatic carbocycles. The molecular weight excluding hydrogens is 683 g/mol. The number of ether oxygens (including phenoxy) is 2. The number of amides is 2. The van der Waals surface area contributed by atoms with Crippen molar-refractivity contribution in [2.75, 3.05) is 6.54 Å². The SMILES string of the molecule is CC1C(CN(Cc2ccccc2)Cc2ccccc2)OC(c2ccc(-c3ccccc3CNC(=O)NCc3ccccc3)cc2)OC1c1ccc(CO)cc1. The maximum absolute atomic E-state index is 12.7. The smallest absolute Gasteiger partial charge is 0.315 e. The van der Waals surface area contributed by atoms with E-state index in [1.165, 1.54) is 11.1 Å². The summed E-state index contributed by atoms with van der Waals surface area (Å²) in [5.74, 6) is 0.0498. The number of benzene rings is 6. The summed E-state index contributed by atoms with van der Waals surface area (Å²) in [5, 5.41) is 15.7. The number of aliphatic hydroxyl groups excluding tert-OH is 1. The van der Waals surface area contributed by atoms with E-state index in [9.17, 15) is 9.90 Å². The first kappa shape index (κ1) is 37.7. The molecule has 3 N–H and O–H groups in total. The molecule has 1 saturated heterocycles. The number of carbonyl (C=O) groups excluding carboxylic acids is 1. The van der Waals surface area contributed by atoms with Crippen molar-refractivity contribution >= 4 is 6.03 Å². The molecule has 1 aliphatic heterocycles. The van der Waals surface area contributed by atoms with Crippen LogP contribution in [-0.2, 0) is 42.3 Å². The highest BCUT2D eigenvalue weighted by molar-refractivity contribution is 5.75. The van der Waals surface area contributed by atoms with E-state index in [-0.39, 0.29) is 30.8 Å². The number of hydrogen-bond donors (Lipinski definition) is 3. The Morgan fingerprint density at radius 3 is 1.76 bits per heavy atom. The molecule has 1 heterocycles. The lowest BCUT2D eigenvalue weighted by atomic mass is 9.89. The topological polar surface area (TPSA) is 83.1 Å². The second kappa shape index (κ2) is 18.7. The van der Waals surface area contributed by atoms with Gasteiger partial charge in [0.15, 0.2) is 6.29 Å². The van der Waals surface area contributed by atoms with Crippen LogP contribution in [0.3, 0.4) is 0 Å². The fraction of sp³-hybridized carbons (Fsp3) is 0.229. The quantitative estimate of drug-likeness (QED) is 0.104. The predicted octanol–water partition coefficient (Wildman–Crippen LogP) is 9.34. The molecule has 0 saturated carbocycles. The zero-order valence-corrected chi connectivity index (χ0v) is 31.3. The zero-order chi connectivity index (χ0) is 37.8. The standard InChI is InChI=1S/C48H49N3O4/c1-35-45(33-51(31-37-15-7-3-8-16-37)32-38-17-9-4-10-18-38)54-47(55-46(35)41-23-21-39(34-52)22-24-41)42-27-25-40(26-28-42)44-20-12-11-19-43(44)30-50-48(53)49-29-36-13-5-2-6-14-36/h2-28,35,45-47,52H,29-34H2,1H3,(H2,49,50,53). The van der Waals surface area contributed by atoms with Crippen LogP contribution in [0, 0.1) is 5.92 Å².